The lowest BCUT2D eigenvalue weighted by atomic mass is 10.2. The molecule has 92 valence electrons. The summed E-state index contributed by atoms with van der Waals surface area (Å²) in [5, 5.41) is 0.209. The SMILES string of the molecule is COC(CN)Cc1nc2cc(F)cc(Cl)c2o1. The average molecular weight is 259 g/mol. The van der Waals surface area contributed by atoms with E-state index in [1.54, 1.807) is 7.11 Å². The molecule has 4 nitrogen and oxygen atoms in total. The first kappa shape index (κ1) is 12.3. The molecule has 17 heavy (non-hydrogen) atoms. The number of methoxy groups -OCH3 is 1. The summed E-state index contributed by atoms with van der Waals surface area (Å²) >= 11 is 5.85. The Labute approximate surface area is 103 Å². The fourth-order valence-corrected chi connectivity index (χ4v) is 1.79. The third-order valence-electron chi connectivity index (χ3n) is 2.45. The van der Waals surface area contributed by atoms with Crippen molar-refractivity contribution in [3.8, 4) is 0 Å². The summed E-state index contributed by atoms with van der Waals surface area (Å²) in [5.74, 6) is -0.00531. The van der Waals surface area contributed by atoms with Crippen LogP contribution >= 0.6 is 11.6 Å². The molecule has 1 atom stereocenters. The van der Waals surface area contributed by atoms with Crippen molar-refractivity contribution >= 4 is 22.7 Å². The van der Waals surface area contributed by atoms with E-state index < -0.39 is 5.82 Å². The van der Waals surface area contributed by atoms with Crippen molar-refractivity contribution in [1.29, 1.82) is 0 Å². The van der Waals surface area contributed by atoms with Crippen molar-refractivity contribution in [2.24, 2.45) is 5.73 Å². The molecule has 0 bridgehead atoms. The number of ether oxygens (including phenoxy) is 1. The number of nitrogens with two attached hydrogens (primary N) is 1. The molecule has 1 aromatic carbocycles. The maximum atomic E-state index is 13.1. The number of fused-ring (bicyclic) bond motifs is 1. The van der Waals surface area contributed by atoms with Gasteiger partial charge in [0, 0.05) is 19.7 Å². The lowest BCUT2D eigenvalue weighted by molar-refractivity contribution is 0.104. The molecule has 2 rings (SSSR count). The lowest BCUT2D eigenvalue weighted by Gasteiger charge is -2.09. The van der Waals surface area contributed by atoms with Crippen LogP contribution in [0, 0.1) is 5.82 Å². The van der Waals surface area contributed by atoms with Gasteiger partial charge < -0.3 is 14.9 Å². The number of oxazole rings is 1. The summed E-state index contributed by atoms with van der Waals surface area (Å²) in [6.45, 7) is 0.358. The van der Waals surface area contributed by atoms with Crippen molar-refractivity contribution in [3.05, 3.63) is 28.9 Å². The Kier molecular flexibility index (Phi) is 3.61. The molecule has 0 radical (unpaired) electrons. The zero-order valence-corrected chi connectivity index (χ0v) is 10.00. The van der Waals surface area contributed by atoms with E-state index in [-0.39, 0.29) is 11.1 Å². The molecule has 0 amide bonds. The maximum Gasteiger partial charge on any atom is 0.198 e. The largest absolute Gasteiger partial charge is 0.439 e. The van der Waals surface area contributed by atoms with E-state index in [0.29, 0.717) is 30.0 Å². The number of hydrogen-bond acceptors (Lipinski definition) is 4. The van der Waals surface area contributed by atoms with Crippen molar-refractivity contribution in [1.82, 2.24) is 4.98 Å². The van der Waals surface area contributed by atoms with Crippen molar-refractivity contribution in [2.45, 2.75) is 12.5 Å². The summed E-state index contributed by atoms with van der Waals surface area (Å²) in [5.41, 5.74) is 6.28. The van der Waals surface area contributed by atoms with E-state index in [1.807, 2.05) is 0 Å². The van der Waals surface area contributed by atoms with Gasteiger partial charge in [-0.2, -0.15) is 0 Å². The van der Waals surface area contributed by atoms with Crippen LogP contribution in [0.4, 0.5) is 4.39 Å². The quantitative estimate of drug-likeness (QED) is 0.913. The summed E-state index contributed by atoms with van der Waals surface area (Å²) in [4.78, 5) is 4.14. The Hall–Kier alpha value is -1.17. The van der Waals surface area contributed by atoms with E-state index in [2.05, 4.69) is 4.98 Å². The zero-order valence-electron chi connectivity index (χ0n) is 9.24. The van der Waals surface area contributed by atoms with Gasteiger partial charge in [0.2, 0.25) is 0 Å². The number of nitrogens with zero attached hydrogens (tertiary/aromatic N) is 1. The minimum absolute atomic E-state index is 0.174. The molecule has 2 aromatic rings. The highest BCUT2D eigenvalue weighted by Crippen LogP contribution is 2.26. The molecule has 1 unspecified atom stereocenters. The summed E-state index contributed by atoms with van der Waals surface area (Å²) in [6, 6.07) is 2.47. The van der Waals surface area contributed by atoms with Gasteiger partial charge in [0.25, 0.3) is 0 Å². The van der Waals surface area contributed by atoms with Crippen molar-refractivity contribution < 1.29 is 13.5 Å². The normalized spacial score (nSPS) is 13.2. The predicted molar refractivity (Wildman–Crippen MR) is 62.5 cm³/mol. The van der Waals surface area contributed by atoms with Crippen LogP contribution in [0.15, 0.2) is 16.5 Å². The molecule has 6 heteroatoms. The van der Waals surface area contributed by atoms with Crippen LogP contribution in [-0.2, 0) is 11.2 Å². The maximum absolute atomic E-state index is 13.1. The molecular weight excluding hydrogens is 247 g/mol. The van der Waals surface area contributed by atoms with E-state index in [9.17, 15) is 4.39 Å². The predicted octanol–water partition coefficient (Wildman–Crippen LogP) is 2.14. The van der Waals surface area contributed by atoms with E-state index in [0.717, 1.165) is 0 Å². The van der Waals surface area contributed by atoms with Gasteiger partial charge >= 0.3 is 0 Å². The van der Waals surface area contributed by atoms with Crippen LogP contribution < -0.4 is 5.73 Å². The first-order valence-electron chi connectivity index (χ1n) is 5.11. The van der Waals surface area contributed by atoms with Crippen LogP contribution in [0.2, 0.25) is 5.02 Å². The van der Waals surface area contributed by atoms with Crippen LogP contribution in [0.5, 0.6) is 0 Å². The van der Waals surface area contributed by atoms with Crippen molar-refractivity contribution in [3.63, 3.8) is 0 Å². The second kappa shape index (κ2) is 5.00. The van der Waals surface area contributed by atoms with Crippen molar-refractivity contribution in [2.75, 3.05) is 13.7 Å². The summed E-state index contributed by atoms with van der Waals surface area (Å²) < 4.78 is 23.7. The number of benzene rings is 1. The topological polar surface area (TPSA) is 61.3 Å². The van der Waals surface area contributed by atoms with Gasteiger partial charge in [0.15, 0.2) is 11.5 Å². The molecule has 2 N–H and O–H groups in total. The molecule has 0 saturated carbocycles. The first-order chi connectivity index (χ1) is 8.13. The number of aromatic nitrogens is 1. The molecule has 0 spiro atoms. The van der Waals surface area contributed by atoms with E-state index in [1.165, 1.54) is 12.1 Å². The van der Waals surface area contributed by atoms with Crippen LogP contribution in [0.25, 0.3) is 11.1 Å². The van der Waals surface area contributed by atoms with Gasteiger partial charge in [0.05, 0.1) is 17.5 Å². The van der Waals surface area contributed by atoms with Gasteiger partial charge in [-0.25, -0.2) is 9.37 Å². The molecule has 0 aliphatic rings. The molecule has 0 saturated heterocycles. The Balaban J connectivity index is 2.34. The van der Waals surface area contributed by atoms with Gasteiger partial charge in [0.1, 0.15) is 11.3 Å². The number of halogens is 2. The molecule has 0 aliphatic heterocycles. The molecule has 1 aromatic heterocycles. The summed E-state index contributed by atoms with van der Waals surface area (Å²) in [7, 11) is 1.56. The van der Waals surface area contributed by atoms with E-state index >= 15 is 0 Å². The molecule has 0 fully saturated rings. The Morgan fingerprint density at radius 3 is 3.00 bits per heavy atom. The third-order valence-corrected chi connectivity index (χ3v) is 2.73. The molecular formula is C11H12ClFN2O2. The van der Waals surface area contributed by atoms with Gasteiger partial charge in [-0.05, 0) is 6.07 Å². The van der Waals surface area contributed by atoms with Crippen LogP contribution in [0.1, 0.15) is 5.89 Å². The zero-order chi connectivity index (χ0) is 12.4. The lowest BCUT2D eigenvalue weighted by Crippen LogP contribution is -2.24. The Morgan fingerprint density at radius 2 is 2.35 bits per heavy atom. The van der Waals surface area contributed by atoms with Gasteiger partial charge in [-0.3, -0.25) is 0 Å². The monoisotopic (exact) mass is 258 g/mol. The highest BCUT2D eigenvalue weighted by molar-refractivity contribution is 6.34. The minimum Gasteiger partial charge on any atom is -0.439 e. The summed E-state index contributed by atoms with van der Waals surface area (Å²) in [6.07, 6.45) is 0.256. The Bertz CT molecular complexity index is 525. The second-order valence-corrected chi connectivity index (χ2v) is 4.05. The van der Waals surface area contributed by atoms with Gasteiger partial charge in [-0.15, -0.1) is 0 Å². The first-order valence-corrected chi connectivity index (χ1v) is 5.49. The minimum atomic E-state index is -0.440. The standard InChI is InChI=1S/C11H12ClFN2O2/c1-16-7(5-14)4-10-15-9-3-6(13)2-8(12)11(9)17-10/h2-3,7H,4-5,14H2,1H3. The molecule has 1 heterocycles. The van der Waals surface area contributed by atoms with Gasteiger partial charge in [-0.1, -0.05) is 11.6 Å². The fourth-order valence-electron chi connectivity index (χ4n) is 1.55. The molecule has 0 aliphatic carbocycles. The highest BCUT2D eigenvalue weighted by Gasteiger charge is 2.14. The fraction of sp³-hybridized carbons (Fsp3) is 0.364. The van der Waals surface area contributed by atoms with Crippen LogP contribution in [-0.4, -0.2) is 24.7 Å². The third kappa shape index (κ3) is 2.57. The highest BCUT2D eigenvalue weighted by atomic mass is 35.5. The smallest absolute Gasteiger partial charge is 0.198 e. The Morgan fingerprint density at radius 1 is 1.59 bits per heavy atom. The second-order valence-electron chi connectivity index (χ2n) is 3.64. The number of rotatable bonds is 4. The average Bonchev–Trinajstić information content (AvgIpc) is 2.68. The van der Waals surface area contributed by atoms with Crippen LogP contribution in [0.3, 0.4) is 0 Å². The number of hydrogen-bond donors (Lipinski definition) is 1. The van der Waals surface area contributed by atoms with E-state index in [4.69, 9.17) is 26.5 Å².